The van der Waals surface area contributed by atoms with Gasteiger partial charge in [-0.15, -0.1) is 0 Å². The van der Waals surface area contributed by atoms with Crippen LogP contribution in [0.15, 0.2) is 17.2 Å². The molecule has 1 aliphatic rings. The van der Waals surface area contributed by atoms with E-state index in [0.717, 1.165) is 45.4 Å². The van der Waals surface area contributed by atoms with Crippen LogP contribution in [-0.4, -0.2) is 35.2 Å². The molecule has 1 aliphatic heterocycles. The zero-order valence-electron chi connectivity index (χ0n) is 12.6. The Labute approximate surface area is 121 Å². The second-order valence-electron chi connectivity index (χ2n) is 5.46. The van der Waals surface area contributed by atoms with Crippen molar-refractivity contribution in [2.24, 2.45) is 0 Å². The van der Waals surface area contributed by atoms with Gasteiger partial charge in [-0.2, -0.15) is 0 Å². The van der Waals surface area contributed by atoms with Gasteiger partial charge < -0.3 is 14.8 Å². The van der Waals surface area contributed by atoms with Crippen molar-refractivity contribution in [1.82, 2.24) is 14.9 Å². The third-order valence-electron chi connectivity index (χ3n) is 3.84. The van der Waals surface area contributed by atoms with Crippen LogP contribution < -0.4 is 15.8 Å². The summed E-state index contributed by atoms with van der Waals surface area (Å²) < 4.78 is 1.77. The molecule has 1 aromatic rings. The molecule has 0 spiro atoms. The normalized spacial score (nSPS) is 16.6. The van der Waals surface area contributed by atoms with Crippen LogP contribution in [-0.2, 0) is 6.54 Å². The number of piperidine rings is 1. The van der Waals surface area contributed by atoms with E-state index in [1.807, 2.05) is 0 Å². The highest BCUT2D eigenvalue weighted by Gasteiger charge is 2.21. The summed E-state index contributed by atoms with van der Waals surface area (Å²) in [5.41, 5.74) is 0.0503. The molecule has 112 valence electrons. The highest BCUT2D eigenvalue weighted by Crippen LogP contribution is 2.14. The molecule has 20 heavy (non-hydrogen) atoms. The summed E-state index contributed by atoms with van der Waals surface area (Å²) in [6.07, 6.45) is 7.83. The van der Waals surface area contributed by atoms with Gasteiger partial charge in [-0.25, -0.2) is 4.98 Å². The summed E-state index contributed by atoms with van der Waals surface area (Å²) >= 11 is 0. The second kappa shape index (κ2) is 7.43. The fourth-order valence-corrected chi connectivity index (χ4v) is 2.71. The number of hydrogen-bond donors (Lipinski definition) is 1. The Morgan fingerprint density at radius 1 is 1.30 bits per heavy atom. The highest BCUT2D eigenvalue weighted by molar-refractivity contribution is 5.36. The first kappa shape index (κ1) is 15.0. The third kappa shape index (κ3) is 3.60. The molecule has 0 amide bonds. The van der Waals surface area contributed by atoms with Crippen LogP contribution >= 0.6 is 0 Å². The Morgan fingerprint density at radius 3 is 2.70 bits per heavy atom. The largest absolute Gasteiger partial charge is 0.352 e. The summed E-state index contributed by atoms with van der Waals surface area (Å²) in [5.74, 6) is 0.620. The van der Waals surface area contributed by atoms with E-state index in [-0.39, 0.29) is 5.56 Å². The van der Waals surface area contributed by atoms with Crippen LogP contribution in [0.25, 0.3) is 0 Å². The molecule has 0 radical (unpaired) electrons. The minimum Gasteiger partial charge on any atom is -0.352 e. The van der Waals surface area contributed by atoms with Crippen LogP contribution in [0, 0.1) is 0 Å². The third-order valence-corrected chi connectivity index (χ3v) is 3.84. The van der Waals surface area contributed by atoms with Gasteiger partial charge in [-0.1, -0.05) is 13.8 Å². The molecule has 0 atom stereocenters. The van der Waals surface area contributed by atoms with Crippen LogP contribution in [0.5, 0.6) is 0 Å². The lowest BCUT2D eigenvalue weighted by Gasteiger charge is -2.32. The van der Waals surface area contributed by atoms with Crippen LogP contribution in [0.3, 0.4) is 0 Å². The van der Waals surface area contributed by atoms with Crippen molar-refractivity contribution < 1.29 is 0 Å². The molecule has 0 bridgehead atoms. The maximum absolute atomic E-state index is 12.4. The highest BCUT2D eigenvalue weighted by atomic mass is 16.1. The number of hydrogen-bond acceptors (Lipinski definition) is 4. The van der Waals surface area contributed by atoms with Crippen molar-refractivity contribution in [1.29, 1.82) is 0 Å². The molecule has 2 rings (SSSR count). The van der Waals surface area contributed by atoms with Gasteiger partial charge in [-0.05, 0) is 32.2 Å². The first-order valence-corrected chi connectivity index (χ1v) is 7.80. The Morgan fingerprint density at radius 2 is 2.05 bits per heavy atom. The molecule has 0 saturated carbocycles. The van der Waals surface area contributed by atoms with E-state index < -0.39 is 0 Å². The topological polar surface area (TPSA) is 50.2 Å². The Hall–Kier alpha value is -1.36. The van der Waals surface area contributed by atoms with Gasteiger partial charge >= 0.3 is 0 Å². The number of anilines is 1. The van der Waals surface area contributed by atoms with Gasteiger partial charge in [-0.3, -0.25) is 4.79 Å². The lowest BCUT2D eigenvalue weighted by Crippen LogP contribution is -2.45. The zero-order valence-corrected chi connectivity index (χ0v) is 12.6. The van der Waals surface area contributed by atoms with E-state index in [4.69, 9.17) is 0 Å². The summed E-state index contributed by atoms with van der Waals surface area (Å²) in [4.78, 5) is 18.8. The molecule has 5 heteroatoms. The van der Waals surface area contributed by atoms with E-state index in [2.05, 4.69) is 29.0 Å². The molecular weight excluding hydrogens is 252 g/mol. The Balaban J connectivity index is 2.00. The monoisotopic (exact) mass is 278 g/mol. The SMILES string of the molecule is CCCNC1CCN(c2nccn(CCC)c2=O)CC1. The molecule has 5 nitrogen and oxygen atoms in total. The fraction of sp³-hybridized carbons (Fsp3) is 0.733. The first-order valence-electron chi connectivity index (χ1n) is 7.80. The van der Waals surface area contributed by atoms with Crippen molar-refractivity contribution in [3.05, 3.63) is 22.7 Å². The van der Waals surface area contributed by atoms with Gasteiger partial charge in [0, 0.05) is 38.1 Å². The minimum atomic E-state index is 0.0503. The smallest absolute Gasteiger partial charge is 0.293 e. The summed E-state index contributed by atoms with van der Waals surface area (Å²) in [6.45, 7) is 7.95. The average Bonchev–Trinajstić information content (AvgIpc) is 2.48. The molecular formula is C15H26N4O. The molecule has 0 aromatic carbocycles. The van der Waals surface area contributed by atoms with E-state index in [1.54, 1.807) is 17.0 Å². The van der Waals surface area contributed by atoms with Crippen molar-refractivity contribution in [2.45, 2.75) is 52.1 Å². The van der Waals surface area contributed by atoms with Crippen LogP contribution in [0.4, 0.5) is 5.82 Å². The fourth-order valence-electron chi connectivity index (χ4n) is 2.71. The van der Waals surface area contributed by atoms with Gasteiger partial charge in [0.05, 0.1) is 0 Å². The number of nitrogens with zero attached hydrogens (tertiary/aromatic N) is 3. The first-order chi connectivity index (χ1) is 9.76. The Kier molecular flexibility index (Phi) is 5.59. The minimum absolute atomic E-state index is 0.0503. The average molecular weight is 278 g/mol. The predicted molar refractivity (Wildman–Crippen MR) is 82.3 cm³/mol. The lowest BCUT2D eigenvalue weighted by atomic mass is 10.1. The standard InChI is InChI=1S/C15H26N4O/c1-3-7-16-13-5-10-18(11-6-13)14-15(20)19(9-4-2)12-8-17-14/h8,12-13,16H,3-7,9-11H2,1-2H3. The van der Waals surface area contributed by atoms with Crippen molar-refractivity contribution in [3.8, 4) is 0 Å². The number of aryl methyl sites for hydroxylation is 1. The van der Waals surface area contributed by atoms with Crippen molar-refractivity contribution in [2.75, 3.05) is 24.5 Å². The summed E-state index contributed by atoms with van der Waals surface area (Å²) in [5, 5.41) is 3.56. The van der Waals surface area contributed by atoms with Gasteiger partial charge in [0.2, 0.25) is 0 Å². The molecule has 0 unspecified atom stereocenters. The zero-order chi connectivity index (χ0) is 14.4. The molecule has 1 saturated heterocycles. The van der Waals surface area contributed by atoms with E-state index in [0.29, 0.717) is 11.9 Å². The number of aromatic nitrogens is 2. The molecule has 0 aliphatic carbocycles. The van der Waals surface area contributed by atoms with Gasteiger partial charge in [0.25, 0.3) is 5.56 Å². The maximum Gasteiger partial charge on any atom is 0.293 e. The van der Waals surface area contributed by atoms with Gasteiger partial charge in [0.1, 0.15) is 0 Å². The lowest BCUT2D eigenvalue weighted by molar-refractivity contribution is 0.413. The predicted octanol–water partition coefficient (Wildman–Crippen LogP) is 1.62. The van der Waals surface area contributed by atoms with Crippen molar-refractivity contribution in [3.63, 3.8) is 0 Å². The second-order valence-corrected chi connectivity index (χ2v) is 5.46. The molecule has 1 fully saturated rings. The summed E-state index contributed by atoms with van der Waals surface area (Å²) in [7, 11) is 0. The van der Waals surface area contributed by atoms with Crippen molar-refractivity contribution >= 4 is 5.82 Å². The quantitative estimate of drug-likeness (QED) is 0.859. The maximum atomic E-state index is 12.4. The molecule has 1 aromatic heterocycles. The van der Waals surface area contributed by atoms with E-state index in [9.17, 15) is 4.79 Å². The molecule has 1 N–H and O–H groups in total. The van der Waals surface area contributed by atoms with E-state index in [1.165, 1.54) is 6.42 Å². The number of nitrogens with one attached hydrogen (secondary N) is 1. The Bertz CT molecular complexity index is 463. The molecule has 2 heterocycles. The number of rotatable bonds is 6. The van der Waals surface area contributed by atoms with Crippen LogP contribution in [0.2, 0.25) is 0 Å². The summed E-state index contributed by atoms with van der Waals surface area (Å²) in [6, 6.07) is 0.591. The van der Waals surface area contributed by atoms with E-state index >= 15 is 0 Å². The van der Waals surface area contributed by atoms with Crippen LogP contribution in [0.1, 0.15) is 39.5 Å². The van der Waals surface area contributed by atoms with Gasteiger partial charge in [0.15, 0.2) is 5.82 Å².